The third kappa shape index (κ3) is 3.53. The van der Waals surface area contributed by atoms with E-state index in [0.29, 0.717) is 16.8 Å². The van der Waals surface area contributed by atoms with Crippen LogP contribution in [0.3, 0.4) is 0 Å². The zero-order chi connectivity index (χ0) is 14.7. The van der Waals surface area contributed by atoms with Crippen LogP contribution in [0.15, 0.2) is 35.8 Å². The zero-order valence-electron chi connectivity index (χ0n) is 11.1. The largest absolute Gasteiger partial charge is 0.371 e. The van der Waals surface area contributed by atoms with E-state index in [1.165, 1.54) is 11.3 Å². The van der Waals surface area contributed by atoms with Crippen molar-refractivity contribution in [1.29, 1.82) is 0 Å². The van der Waals surface area contributed by atoms with E-state index in [-0.39, 0.29) is 18.2 Å². The molecule has 5 nitrogen and oxygen atoms in total. The number of nitrogens with one attached hydrogen (secondary N) is 2. The van der Waals surface area contributed by atoms with E-state index in [2.05, 4.69) is 15.6 Å². The molecule has 21 heavy (non-hydrogen) atoms. The number of benzene rings is 1. The highest BCUT2D eigenvalue weighted by molar-refractivity contribution is 7.13. The van der Waals surface area contributed by atoms with Crippen molar-refractivity contribution in [3.05, 3.63) is 46.4 Å². The van der Waals surface area contributed by atoms with Crippen LogP contribution in [0.1, 0.15) is 18.1 Å². The number of thiazole rings is 1. The van der Waals surface area contributed by atoms with Gasteiger partial charge in [-0.05, 0) is 24.1 Å². The monoisotopic (exact) mass is 323 g/mol. The van der Waals surface area contributed by atoms with Crippen molar-refractivity contribution in [2.45, 2.75) is 18.6 Å². The van der Waals surface area contributed by atoms with E-state index < -0.39 is 0 Å². The maximum absolute atomic E-state index is 12.0. The van der Waals surface area contributed by atoms with E-state index >= 15 is 0 Å². The lowest BCUT2D eigenvalue weighted by atomic mass is 10.0. The van der Waals surface area contributed by atoms with Gasteiger partial charge in [-0.2, -0.15) is 0 Å². The van der Waals surface area contributed by atoms with E-state index in [0.717, 1.165) is 12.0 Å². The minimum absolute atomic E-state index is 0.0638. The minimum atomic E-state index is -0.264. The molecule has 1 aromatic carbocycles. The average molecular weight is 324 g/mol. The Kier molecular flexibility index (Phi) is 4.38. The topological polar surface area (TPSA) is 63.2 Å². The molecule has 1 aliphatic heterocycles. The molecule has 1 aliphatic rings. The molecule has 2 heterocycles. The van der Waals surface area contributed by atoms with Gasteiger partial charge in [-0.15, -0.1) is 11.3 Å². The van der Waals surface area contributed by atoms with E-state index in [1.54, 1.807) is 6.20 Å². The second-order valence-electron chi connectivity index (χ2n) is 4.67. The van der Waals surface area contributed by atoms with Crippen LogP contribution in [-0.4, -0.2) is 23.7 Å². The number of urea groups is 1. The SMILES string of the molecule is O=C(Nc1nccs1)N[C@H]1CCO[C@@H]1c1ccc(Cl)cc1. The van der Waals surface area contributed by atoms with Gasteiger partial charge in [0.15, 0.2) is 5.13 Å². The number of nitrogens with zero attached hydrogens (tertiary/aromatic N) is 1. The van der Waals surface area contributed by atoms with Crippen LogP contribution in [0.25, 0.3) is 0 Å². The van der Waals surface area contributed by atoms with Crippen molar-refractivity contribution < 1.29 is 9.53 Å². The molecule has 2 amide bonds. The first kappa shape index (κ1) is 14.3. The van der Waals surface area contributed by atoms with Gasteiger partial charge in [0.25, 0.3) is 0 Å². The fraction of sp³-hybridized carbons (Fsp3) is 0.286. The summed E-state index contributed by atoms with van der Waals surface area (Å²) in [5.41, 5.74) is 1.01. The van der Waals surface area contributed by atoms with Crippen LogP contribution in [-0.2, 0) is 4.74 Å². The van der Waals surface area contributed by atoms with Crippen molar-refractivity contribution in [3.63, 3.8) is 0 Å². The molecule has 3 rings (SSSR count). The van der Waals surface area contributed by atoms with E-state index in [4.69, 9.17) is 16.3 Å². The van der Waals surface area contributed by atoms with Gasteiger partial charge in [-0.25, -0.2) is 9.78 Å². The summed E-state index contributed by atoms with van der Waals surface area (Å²) in [5, 5.41) is 8.72. The summed E-state index contributed by atoms with van der Waals surface area (Å²) in [6.45, 7) is 0.621. The van der Waals surface area contributed by atoms with Crippen LogP contribution in [0.5, 0.6) is 0 Å². The standard InChI is InChI=1S/C14H14ClN3O2S/c15-10-3-1-9(2-4-10)12-11(5-7-20-12)17-13(19)18-14-16-6-8-21-14/h1-4,6,8,11-12H,5,7H2,(H2,16,17,18,19)/t11-,12+/m0/s1. The summed E-state index contributed by atoms with van der Waals surface area (Å²) in [5.74, 6) is 0. The third-order valence-electron chi connectivity index (χ3n) is 3.26. The number of carbonyl (C=O) groups excluding carboxylic acids is 1. The van der Waals surface area contributed by atoms with E-state index in [9.17, 15) is 4.79 Å². The lowest BCUT2D eigenvalue weighted by Crippen LogP contribution is -2.39. The van der Waals surface area contributed by atoms with Gasteiger partial charge in [-0.3, -0.25) is 5.32 Å². The van der Waals surface area contributed by atoms with Crippen LogP contribution >= 0.6 is 22.9 Å². The molecule has 0 radical (unpaired) electrons. The summed E-state index contributed by atoms with van der Waals surface area (Å²) in [4.78, 5) is 16.0. The highest BCUT2D eigenvalue weighted by Crippen LogP contribution is 2.30. The Bertz CT molecular complexity index is 603. The quantitative estimate of drug-likeness (QED) is 0.909. The number of anilines is 1. The molecule has 0 spiro atoms. The smallest absolute Gasteiger partial charge is 0.321 e. The van der Waals surface area contributed by atoms with Gasteiger partial charge in [0, 0.05) is 23.2 Å². The molecule has 1 aromatic heterocycles. The van der Waals surface area contributed by atoms with Crippen molar-refractivity contribution >= 4 is 34.1 Å². The Balaban J connectivity index is 1.64. The van der Waals surface area contributed by atoms with Gasteiger partial charge in [0.05, 0.1) is 6.04 Å². The molecule has 110 valence electrons. The maximum Gasteiger partial charge on any atom is 0.321 e. The maximum atomic E-state index is 12.0. The number of amides is 2. The van der Waals surface area contributed by atoms with Gasteiger partial charge in [0.2, 0.25) is 0 Å². The first-order valence-electron chi connectivity index (χ1n) is 6.56. The summed E-state index contributed by atoms with van der Waals surface area (Å²) >= 11 is 7.27. The number of hydrogen-bond donors (Lipinski definition) is 2. The van der Waals surface area contributed by atoms with Crippen LogP contribution < -0.4 is 10.6 Å². The lowest BCUT2D eigenvalue weighted by molar-refractivity contribution is 0.100. The molecule has 0 saturated carbocycles. The summed E-state index contributed by atoms with van der Waals surface area (Å²) in [6.07, 6.45) is 2.28. The fourth-order valence-electron chi connectivity index (χ4n) is 2.31. The number of rotatable bonds is 3. The van der Waals surface area contributed by atoms with Crippen LogP contribution in [0.4, 0.5) is 9.93 Å². The Morgan fingerprint density at radius 2 is 2.19 bits per heavy atom. The Morgan fingerprint density at radius 3 is 2.90 bits per heavy atom. The zero-order valence-corrected chi connectivity index (χ0v) is 12.7. The van der Waals surface area contributed by atoms with E-state index in [1.807, 2.05) is 29.6 Å². The summed E-state index contributed by atoms with van der Waals surface area (Å²) in [7, 11) is 0. The molecule has 2 aromatic rings. The fourth-order valence-corrected chi connectivity index (χ4v) is 2.96. The third-order valence-corrected chi connectivity index (χ3v) is 4.20. The molecule has 1 fully saturated rings. The first-order valence-corrected chi connectivity index (χ1v) is 7.82. The highest BCUT2D eigenvalue weighted by Gasteiger charge is 2.31. The number of hydrogen-bond acceptors (Lipinski definition) is 4. The molecular weight excluding hydrogens is 310 g/mol. The van der Waals surface area contributed by atoms with Crippen molar-refractivity contribution in [2.24, 2.45) is 0 Å². The molecule has 0 aliphatic carbocycles. The molecule has 7 heteroatoms. The summed E-state index contributed by atoms with van der Waals surface area (Å²) in [6, 6.07) is 7.17. The predicted octanol–water partition coefficient (Wildman–Crippen LogP) is 3.45. The van der Waals surface area contributed by atoms with Gasteiger partial charge in [0.1, 0.15) is 6.10 Å². The van der Waals surface area contributed by atoms with Gasteiger partial charge >= 0.3 is 6.03 Å². The number of carbonyl (C=O) groups is 1. The van der Waals surface area contributed by atoms with Crippen molar-refractivity contribution in [1.82, 2.24) is 10.3 Å². The average Bonchev–Trinajstić information content (AvgIpc) is 3.11. The Morgan fingerprint density at radius 1 is 1.38 bits per heavy atom. The second kappa shape index (κ2) is 6.43. The molecule has 0 unspecified atom stereocenters. The number of aromatic nitrogens is 1. The number of ether oxygens (including phenoxy) is 1. The molecule has 0 bridgehead atoms. The molecule has 1 saturated heterocycles. The Hall–Kier alpha value is -1.63. The summed E-state index contributed by atoms with van der Waals surface area (Å²) < 4.78 is 5.73. The second-order valence-corrected chi connectivity index (χ2v) is 6.00. The van der Waals surface area contributed by atoms with Crippen molar-refractivity contribution in [2.75, 3.05) is 11.9 Å². The van der Waals surface area contributed by atoms with Crippen LogP contribution in [0.2, 0.25) is 5.02 Å². The highest BCUT2D eigenvalue weighted by atomic mass is 35.5. The molecular formula is C14H14ClN3O2S. The normalized spacial score (nSPS) is 21.2. The lowest BCUT2D eigenvalue weighted by Gasteiger charge is -2.20. The van der Waals surface area contributed by atoms with Crippen molar-refractivity contribution in [3.8, 4) is 0 Å². The molecule has 2 N–H and O–H groups in total. The first-order chi connectivity index (χ1) is 10.2. The predicted molar refractivity (Wildman–Crippen MR) is 82.8 cm³/mol. The molecule has 2 atom stereocenters. The minimum Gasteiger partial charge on any atom is -0.371 e. The Labute approximate surface area is 131 Å². The number of halogens is 1. The van der Waals surface area contributed by atoms with Gasteiger partial charge < -0.3 is 10.1 Å². The van der Waals surface area contributed by atoms with Gasteiger partial charge in [-0.1, -0.05) is 23.7 Å². The van der Waals surface area contributed by atoms with Crippen LogP contribution in [0, 0.1) is 0 Å².